The van der Waals surface area contributed by atoms with Crippen molar-refractivity contribution in [3.05, 3.63) is 36.1 Å². The lowest BCUT2D eigenvalue weighted by Crippen LogP contribution is -2.28. The Morgan fingerprint density at radius 3 is 1.77 bits per heavy atom. The first-order valence-corrected chi connectivity index (χ1v) is 16.6. The summed E-state index contributed by atoms with van der Waals surface area (Å²) in [5, 5.41) is 3.23. The molecule has 0 saturated carbocycles. The molecule has 0 aromatic rings. The Morgan fingerprint density at radius 2 is 1.37 bits per heavy atom. The van der Waals surface area contributed by atoms with E-state index in [1.165, 1.54) is 44.1 Å². The van der Waals surface area contributed by atoms with E-state index in [0.717, 1.165) is 36.1 Å². The lowest BCUT2D eigenvalue weighted by atomic mass is 9.68. The maximum Gasteiger partial charge on any atom is 0.120 e. The van der Waals surface area contributed by atoms with E-state index >= 15 is 0 Å². The van der Waals surface area contributed by atoms with Gasteiger partial charge < -0.3 is 19.6 Å². The van der Waals surface area contributed by atoms with Crippen molar-refractivity contribution in [3.63, 3.8) is 0 Å². The highest BCUT2D eigenvalue weighted by Crippen LogP contribution is 2.41. The van der Waals surface area contributed by atoms with Crippen molar-refractivity contribution >= 4 is 12.0 Å². The van der Waals surface area contributed by atoms with Crippen LogP contribution in [0.25, 0.3) is 0 Å². The van der Waals surface area contributed by atoms with Crippen LogP contribution in [0.5, 0.6) is 0 Å². The Balaban J connectivity index is -0.000000219. The molecule has 0 aliphatic rings. The molecule has 43 heavy (non-hydrogen) atoms. The second kappa shape index (κ2) is 36.6. The van der Waals surface area contributed by atoms with Gasteiger partial charge in [-0.3, -0.25) is 4.99 Å². The maximum absolute atomic E-state index is 10.9. The molecule has 0 aromatic carbocycles. The Hall–Kier alpha value is -1.56. The molecule has 5 heteroatoms. The van der Waals surface area contributed by atoms with Crippen LogP contribution in [0.15, 0.2) is 41.1 Å². The summed E-state index contributed by atoms with van der Waals surface area (Å²) in [6.07, 6.45) is 15.5. The van der Waals surface area contributed by atoms with Gasteiger partial charge in [0.05, 0.1) is 5.70 Å². The van der Waals surface area contributed by atoms with Crippen LogP contribution in [0.3, 0.4) is 0 Å². The lowest BCUT2D eigenvalue weighted by molar-refractivity contribution is -0.109. The first kappa shape index (κ1) is 51.0. The molecule has 0 radical (unpaired) electrons. The van der Waals surface area contributed by atoms with Crippen LogP contribution in [-0.4, -0.2) is 54.0 Å². The number of methoxy groups -OCH3 is 2. The largest absolute Gasteiger partial charge is 0.388 e. The fourth-order valence-corrected chi connectivity index (χ4v) is 4.47. The number of hydrogen-bond donors (Lipinski definition) is 1. The van der Waals surface area contributed by atoms with Gasteiger partial charge in [0, 0.05) is 40.6 Å². The molecule has 0 fully saturated rings. The quantitative estimate of drug-likeness (QED) is 0.0585. The van der Waals surface area contributed by atoms with Gasteiger partial charge in [-0.2, -0.15) is 0 Å². The number of aldehydes is 1. The Kier molecular flexibility index (Phi) is 43.5. The second-order valence-corrected chi connectivity index (χ2v) is 12.2. The predicted molar refractivity (Wildman–Crippen MR) is 196 cm³/mol. The highest BCUT2D eigenvalue weighted by molar-refractivity contribution is 5.80. The fourth-order valence-electron chi connectivity index (χ4n) is 4.47. The Morgan fingerprint density at radius 1 is 0.907 bits per heavy atom. The summed E-state index contributed by atoms with van der Waals surface area (Å²) in [7, 11) is 8.53. The van der Waals surface area contributed by atoms with Gasteiger partial charge in [-0.25, -0.2) is 0 Å². The number of nitrogens with one attached hydrogen (secondary N) is 1. The molecule has 4 unspecified atom stereocenters. The maximum atomic E-state index is 10.9. The van der Waals surface area contributed by atoms with Crippen LogP contribution in [0.2, 0.25) is 0 Å². The molecule has 258 valence electrons. The SMILES string of the molecule is C/C=C\C(=C\C)N=C(C)C.C=C(C(C)CC(C)CCCC(C)CCCNC)C(C)(C)C(C)CC=O.CC.COC.COC. The van der Waals surface area contributed by atoms with E-state index < -0.39 is 0 Å². The second-order valence-electron chi connectivity index (χ2n) is 12.2. The van der Waals surface area contributed by atoms with Crippen LogP contribution in [0.4, 0.5) is 0 Å². The summed E-state index contributed by atoms with van der Waals surface area (Å²) >= 11 is 0. The number of ether oxygens (including phenoxy) is 2. The van der Waals surface area contributed by atoms with Gasteiger partial charge in [-0.1, -0.05) is 99.0 Å². The van der Waals surface area contributed by atoms with Gasteiger partial charge >= 0.3 is 0 Å². The molecule has 0 aromatic heterocycles. The van der Waals surface area contributed by atoms with Crippen molar-refractivity contribution in [3.8, 4) is 0 Å². The third kappa shape index (κ3) is 34.8. The van der Waals surface area contributed by atoms with Crippen molar-refractivity contribution in [2.24, 2.45) is 34.1 Å². The zero-order chi connectivity index (χ0) is 34.9. The average molecular weight is 611 g/mol. The van der Waals surface area contributed by atoms with E-state index in [-0.39, 0.29) is 5.41 Å². The number of rotatable bonds is 17. The summed E-state index contributed by atoms with van der Waals surface area (Å²) in [4.78, 5) is 15.1. The molecule has 0 spiro atoms. The number of carbonyl (C=O) groups is 1. The van der Waals surface area contributed by atoms with Crippen LogP contribution in [0, 0.1) is 29.1 Å². The van der Waals surface area contributed by atoms with E-state index in [1.54, 1.807) is 28.4 Å². The van der Waals surface area contributed by atoms with Crippen LogP contribution in [-0.2, 0) is 14.3 Å². The molecular weight excluding hydrogens is 532 g/mol. The van der Waals surface area contributed by atoms with Crippen LogP contribution < -0.4 is 5.32 Å². The molecule has 5 nitrogen and oxygen atoms in total. The summed E-state index contributed by atoms with van der Waals surface area (Å²) in [6.45, 7) is 31.3. The van der Waals surface area contributed by atoms with E-state index in [0.29, 0.717) is 18.3 Å². The first-order chi connectivity index (χ1) is 20.2. The van der Waals surface area contributed by atoms with E-state index in [2.05, 4.69) is 67.9 Å². The normalized spacial score (nSPS) is 13.7. The summed E-state index contributed by atoms with van der Waals surface area (Å²) in [6, 6.07) is 0. The minimum Gasteiger partial charge on any atom is -0.388 e. The molecule has 4 atom stereocenters. The van der Waals surface area contributed by atoms with E-state index in [9.17, 15) is 4.79 Å². The highest BCUT2D eigenvalue weighted by atomic mass is 16.5. The molecule has 0 heterocycles. The lowest BCUT2D eigenvalue weighted by Gasteiger charge is -2.37. The van der Waals surface area contributed by atoms with Gasteiger partial charge in [-0.05, 0) is 95.7 Å². The minimum atomic E-state index is 0.0296. The Bertz CT molecular complexity index is 689. The van der Waals surface area contributed by atoms with E-state index in [1.807, 2.05) is 66.8 Å². The standard InChI is InChI=1S/C23H45NO.C9H15N.2C2H6O.C2H6/c1-18(13-10-15-24-8)11-9-12-19(2)17-20(3)22(5)23(6,7)21(4)14-16-25;1-5-7-9(6-2)10-8(3)4;2*1-3-2;1-2/h16,18-21,24H,5,9-15,17H2,1-4,6-8H3;5-7H,1-4H3;2*1-2H3;1-2H3/b;7-5-,9-6-;;;. The predicted octanol–water partition coefficient (Wildman–Crippen LogP) is 10.8. The van der Waals surface area contributed by atoms with Gasteiger partial charge in [0.15, 0.2) is 0 Å². The number of aliphatic imine (C=N–C) groups is 1. The summed E-state index contributed by atoms with van der Waals surface area (Å²) in [5.41, 5.74) is 3.46. The van der Waals surface area contributed by atoms with Crippen molar-refractivity contribution in [1.29, 1.82) is 0 Å². The van der Waals surface area contributed by atoms with Gasteiger partial charge in [0.25, 0.3) is 0 Å². The molecule has 0 bridgehead atoms. The number of allylic oxidation sites excluding steroid dienone is 4. The van der Waals surface area contributed by atoms with Crippen molar-refractivity contribution in [1.82, 2.24) is 5.32 Å². The topological polar surface area (TPSA) is 59.9 Å². The average Bonchev–Trinajstić information content (AvgIpc) is 2.94. The molecule has 1 N–H and O–H groups in total. The smallest absolute Gasteiger partial charge is 0.120 e. The summed E-state index contributed by atoms with van der Waals surface area (Å²) in [5.74, 6) is 2.46. The van der Waals surface area contributed by atoms with Crippen molar-refractivity contribution < 1.29 is 14.3 Å². The third-order valence-electron chi connectivity index (χ3n) is 7.36. The fraction of sp³-hybridized carbons (Fsp3) is 0.789. The van der Waals surface area contributed by atoms with Crippen LogP contribution >= 0.6 is 0 Å². The molecule has 0 aliphatic carbocycles. The Labute approximate surface area is 271 Å². The first-order valence-electron chi connectivity index (χ1n) is 16.6. The van der Waals surface area contributed by atoms with Crippen molar-refractivity contribution in [2.75, 3.05) is 42.0 Å². The van der Waals surface area contributed by atoms with Gasteiger partial charge in [-0.15, -0.1) is 0 Å². The number of hydrogen-bond acceptors (Lipinski definition) is 5. The summed E-state index contributed by atoms with van der Waals surface area (Å²) < 4.78 is 8.50. The molecule has 0 saturated heterocycles. The van der Waals surface area contributed by atoms with Gasteiger partial charge in [0.1, 0.15) is 6.29 Å². The zero-order valence-corrected chi connectivity index (χ0v) is 32.2. The molecular formula is C38H78N2O3. The highest BCUT2D eigenvalue weighted by Gasteiger charge is 2.31. The monoisotopic (exact) mass is 611 g/mol. The third-order valence-corrected chi connectivity index (χ3v) is 7.36. The minimum absolute atomic E-state index is 0.0296. The van der Waals surface area contributed by atoms with E-state index in [4.69, 9.17) is 0 Å². The van der Waals surface area contributed by atoms with Crippen LogP contribution in [0.1, 0.15) is 128 Å². The molecule has 0 rings (SSSR count). The number of nitrogens with zero attached hydrogens (tertiary/aromatic N) is 1. The van der Waals surface area contributed by atoms with Crippen molar-refractivity contribution in [2.45, 2.75) is 128 Å². The number of carbonyl (C=O) groups excluding carboxylic acids is 1. The molecule has 0 amide bonds. The molecule has 0 aliphatic heterocycles. The van der Waals surface area contributed by atoms with Gasteiger partial charge in [0.2, 0.25) is 0 Å². The zero-order valence-electron chi connectivity index (χ0n) is 32.2.